The Hall–Kier alpha value is -2.89. The van der Waals surface area contributed by atoms with Crippen LogP contribution in [0.4, 0.5) is 0 Å². The molecule has 188 valence electrons. The predicted octanol–water partition coefficient (Wildman–Crippen LogP) is 4.53. The van der Waals surface area contributed by atoms with E-state index in [2.05, 4.69) is 26.3 Å². The lowest BCUT2D eigenvalue weighted by Crippen LogP contribution is -2.51. The van der Waals surface area contributed by atoms with E-state index in [1.54, 1.807) is 0 Å². The van der Waals surface area contributed by atoms with Crippen LogP contribution in [0, 0.1) is 35.5 Å². The summed E-state index contributed by atoms with van der Waals surface area (Å²) in [4.78, 5) is 38.7. The molecule has 0 aromatic carbocycles. The number of ketones is 1. The van der Waals surface area contributed by atoms with Crippen molar-refractivity contribution in [1.29, 1.82) is 0 Å². The zero-order valence-electron chi connectivity index (χ0n) is 20.6. The van der Waals surface area contributed by atoms with Gasteiger partial charge < -0.3 is 14.2 Å². The summed E-state index contributed by atoms with van der Waals surface area (Å²) in [5, 5.41) is 0. The molecule has 0 amide bonds. The summed E-state index contributed by atoms with van der Waals surface area (Å²) in [6.07, 6.45) is 4.81. The van der Waals surface area contributed by atoms with Gasteiger partial charge in [0, 0.05) is 41.7 Å². The average molecular weight is 489 g/mol. The standard InChI is InChI=1S/C30H32O6/c1-13-5-7-17-15(3)28(32)34-26(17)24-19-9-10-30(36-22(19)11-20(13)24)23(31)12-21-14(2)6-8-18-16(4)29(33)35-27(18)25(21)30/h17-18,20-21,24-27H,1-12H2/t17?,18-,20?,21?,24-,25-,26-,27-,30+/m0/s1. The van der Waals surface area contributed by atoms with Crippen molar-refractivity contribution in [1.82, 2.24) is 0 Å². The highest BCUT2D eigenvalue weighted by Crippen LogP contribution is 2.61. The molecular formula is C30H32O6. The fraction of sp³-hybridized carbons (Fsp3) is 0.567. The molecule has 3 aliphatic heterocycles. The maximum Gasteiger partial charge on any atom is 0.334 e. The summed E-state index contributed by atoms with van der Waals surface area (Å²) in [7, 11) is 0. The number of rotatable bonds is 0. The largest absolute Gasteiger partial charge is 0.483 e. The third-order valence-corrected chi connectivity index (χ3v) is 10.5. The smallest absolute Gasteiger partial charge is 0.334 e. The molecule has 0 N–H and O–H groups in total. The Morgan fingerprint density at radius 2 is 1.33 bits per heavy atom. The molecule has 3 saturated carbocycles. The Labute approximate surface area is 211 Å². The normalized spacial score (nSPS) is 45.4. The van der Waals surface area contributed by atoms with Crippen LogP contribution in [0.3, 0.4) is 0 Å². The molecule has 7 aliphatic rings. The van der Waals surface area contributed by atoms with Crippen LogP contribution in [0.2, 0.25) is 0 Å². The Kier molecular flexibility index (Phi) is 4.54. The second-order valence-electron chi connectivity index (χ2n) is 11.9. The van der Waals surface area contributed by atoms with Gasteiger partial charge in [0.2, 0.25) is 0 Å². The highest BCUT2D eigenvalue weighted by Gasteiger charge is 2.66. The summed E-state index contributed by atoms with van der Waals surface area (Å²) in [5.41, 5.74) is 3.42. The molecule has 3 heterocycles. The van der Waals surface area contributed by atoms with Gasteiger partial charge in [-0.1, -0.05) is 37.5 Å². The van der Waals surface area contributed by atoms with E-state index >= 15 is 0 Å². The van der Waals surface area contributed by atoms with E-state index in [1.807, 2.05) is 0 Å². The Balaban J connectivity index is 1.28. The maximum absolute atomic E-state index is 13.8. The van der Waals surface area contributed by atoms with Gasteiger partial charge in [0.15, 0.2) is 11.4 Å². The number of fused-ring (bicyclic) bond motifs is 8. The first-order valence-corrected chi connectivity index (χ1v) is 13.3. The summed E-state index contributed by atoms with van der Waals surface area (Å²) >= 11 is 0. The van der Waals surface area contributed by atoms with Gasteiger partial charge in [-0.05, 0) is 55.9 Å². The lowest BCUT2D eigenvalue weighted by atomic mass is 9.72. The molecule has 0 aromatic heterocycles. The minimum Gasteiger partial charge on any atom is -0.483 e. The van der Waals surface area contributed by atoms with E-state index in [1.165, 1.54) is 5.57 Å². The Bertz CT molecular complexity index is 1220. The van der Waals surface area contributed by atoms with Crippen molar-refractivity contribution in [3.8, 4) is 0 Å². The number of ether oxygens (including phenoxy) is 3. The summed E-state index contributed by atoms with van der Waals surface area (Å²) < 4.78 is 18.7. The highest BCUT2D eigenvalue weighted by molar-refractivity contribution is 5.94. The molecule has 9 atom stereocenters. The Morgan fingerprint density at radius 1 is 0.722 bits per heavy atom. The van der Waals surface area contributed by atoms with Crippen LogP contribution in [-0.4, -0.2) is 35.5 Å². The van der Waals surface area contributed by atoms with Gasteiger partial charge in [0.25, 0.3) is 0 Å². The molecule has 1 spiro atoms. The third-order valence-electron chi connectivity index (χ3n) is 10.5. The van der Waals surface area contributed by atoms with Crippen molar-refractivity contribution in [2.45, 2.75) is 69.2 Å². The topological polar surface area (TPSA) is 78.9 Å². The van der Waals surface area contributed by atoms with E-state index in [0.717, 1.165) is 42.6 Å². The molecule has 6 heteroatoms. The van der Waals surface area contributed by atoms with E-state index in [0.29, 0.717) is 36.8 Å². The first-order valence-electron chi connectivity index (χ1n) is 13.3. The minimum atomic E-state index is -1.02. The molecule has 7 rings (SSSR count). The van der Waals surface area contributed by atoms with E-state index in [4.69, 9.17) is 14.2 Å². The number of carbonyl (C=O) groups is 3. The molecule has 36 heavy (non-hydrogen) atoms. The number of allylic oxidation sites excluding steroid dienone is 3. The van der Waals surface area contributed by atoms with Crippen LogP contribution < -0.4 is 0 Å². The summed E-state index contributed by atoms with van der Waals surface area (Å²) in [6.45, 7) is 16.8. The zero-order chi connectivity index (χ0) is 25.1. The lowest BCUT2D eigenvalue weighted by molar-refractivity contribution is -0.159. The van der Waals surface area contributed by atoms with Crippen LogP contribution in [0.1, 0.15) is 51.4 Å². The number of Topliss-reactive ketones (excluding diaryl/α,β-unsaturated/α-hetero) is 1. The third kappa shape index (κ3) is 2.71. The number of carbonyl (C=O) groups excluding carboxylic acids is 3. The number of hydrogen-bond donors (Lipinski definition) is 0. The average Bonchev–Trinajstić information content (AvgIpc) is 3.47. The maximum atomic E-state index is 13.8. The minimum absolute atomic E-state index is 0.000618. The van der Waals surface area contributed by atoms with Gasteiger partial charge >= 0.3 is 11.9 Å². The van der Waals surface area contributed by atoms with Crippen molar-refractivity contribution >= 4 is 17.7 Å². The van der Waals surface area contributed by atoms with Crippen molar-refractivity contribution < 1.29 is 28.6 Å². The first kappa shape index (κ1) is 22.3. The Morgan fingerprint density at radius 3 is 2.03 bits per heavy atom. The summed E-state index contributed by atoms with van der Waals surface area (Å²) in [6, 6.07) is 0. The molecule has 0 bridgehead atoms. The van der Waals surface area contributed by atoms with Crippen LogP contribution >= 0.6 is 0 Å². The van der Waals surface area contributed by atoms with Gasteiger partial charge in [0.1, 0.15) is 12.2 Å². The quantitative estimate of drug-likeness (QED) is 0.283. The van der Waals surface area contributed by atoms with Crippen molar-refractivity contribution in [2.24, 2.45) is 35.5 Å². The predicted molar refractivity (Wildman–Crippen MR) is 130 cm³/mol. The molecule has 2 saturated heterocycles. The van der Waals surface area contributed by atoms with Crippen molar-refractivity contribution in [3.63, 3.8) is 0 Å². The number of hydrogen-bond acceptors (Lipinski definition) is 6. The second kappa shape index (κ2) is 7.33. The molecule has 0 radical (unpaired) electrons. The van der Waals surface area contributed by atoms with Crippen molar-refractivity contribution in [3.05, 3.63) is 59.9 Å². The van der Waals surface area contributed by atoms with E-state index in [-0.39, 0.29) is 59.3 Å². The highest BCUT2D eigenvalue weighted by atomic mass is 16.6. The molecule has 4 aliphatic carbocycles. The fourth-order valence-electron chi connectivity index (χ4n) is 8.69. The fourth-order valence-corrected chi connectivity index (χ4v) is 8.69. The molecule has 6 nitrogen and oxygen atoms in total. The van der Waals surface area contributed by atoms with Crippen LogP contribution in [0.25, 0.3) is 0 Å². The van der Waals surface area contributed by atoms with Gasteiger partial charge in [-0.25, -0.2) is 9.59 Å². The molecule has 3 unspecified atom stereocenters. The second-order valence-corrected chi connectivity index (χ2v) is 11.9. The monoisotopic (exact) mass is 488 g/mol. The molecule has 0 aromatic rings. The molecule has 5 fully saturated rings. The SMILES string of the molecule is C=C1C(=O)O[C@H]2C1CCC(=C)C1CC3=C(CC[C@@]4(O3)C(=O)CC3C(=C)CC[C@H]5C(=C)C(=O)O[C@@H]5[C@H]34)[C@@H]12. The lowest BCUT2D eigenvalue weighted by Gasteiger charge is -2.43. The van der Waals surface area contributed by atoms with E-state index < -0.39 is 11.7 Å². The van der Waals surface area contributed by atoms with Crippen LogP contribution in [-0.2, 0) is 28.6 Å². The van der Waals surface area contributed by atoms with Crippen LogP contribution in [0.5, 0.6) is 0 Å². The van der Waals surface area contributed by atoms with Gasteiger partial charge in [-0.3, -0.25) is 4.79 Å². The van der Waals surface area contributed by atoms with E-state index in [9.17, 15) is 14.4 Å². The van der Waals surface area contributed by atoms with Crippen molar-refractivity contribution in [2.75, 3.05) is 0 Å². The van der Waals surface area contributed by atoms with Gasteiger partial charge in [-0.15, -0.1) is 0 Å². The van der Waals surface area contributed by atoms with Gasteiger partial charge in [-0.2, -0.15) is 0 Å². The first-order chi connectivity index (χ1) is 17.2. The molecular weight excluding hydrogens is 456 g/mol. The van der Waals surface area contributed by atoms with Gasteiger partial charge in [0.05, 0.1) is 11.7 Å². The number of esters is 2. The summed E-state index contributed by atoms with van der Waals surface area (Å²) in [5.74, 6) is 0.0320. The van der Waals surface area contributed by atoms with Crippen LogP contribution in [0.15, 0.2) is 59.9 Å². The zero-order valence-corrected chi connectivity index (χ0v) is 20.6.